The van der Waals surface area contributed by atoms with Gasteiger partial charge in [-0.1, -0.05) is 6.07 Å². The summed E-state index contributed by atoms with van der Waals surface area (Å²) in [6.45, 7) is 2.53. The van der Waals surface area contributed by atoms with Crippen molar-refractivity contribution in [3.05, 3.63) is 35.1 Å². The van der Waals surface area contributed by atoms with Crippen molar-refractivity contribution in [2.45, 2.75) is 13.3 Å². The van der Waals surface area contributed by atoms with Gasteiger partial charge in [-0.25, -0.2) is 4.39 Å². The van der Waals surface area contributed by atoms with Crippen molar-refractivity contribution in [1.82, 2.24) is 0 Å². The largest absolute Gasteiger partial charge is 0.384 e. The first-order valence-corrected chi connectivity index (χ1v) is 3.97. The zero-order chi connectivity index (χ0) is 8.97. The van der Waals surface area contributed by atoms with Crippen molar-refractivity contribution in [1.29, 1.82) is 0 Å². The molecule has 0 bridgehead atoms. The number of halogens is 1. The molecule has 2 heteroatoms. The van der Waals surface area contributed by atoms with E-state index in [-0.39, 0.29) is 5.82 Å². The summed E-state index contributed by atoms with van der Waals surface area (Å²) in [5, 5.41) is 0. The van der Waals surface area contributed by atoms with Crippen molar-refractivity contribution in [3.8, 4) is 0 Å². The van der Waals surface area contributed by atoms with Crippen molar-refractivity contribution >= 4 is 0 Å². The van der Waals surface area contributed by atoms with Gasteiger partial charge in [-0.2, -0.15) is 0 Å². The van der Waals surface area contributed by atoms with Gasteiger partial charge >= 0.3 is 0 Å². The third-order valence-corrected chi connectivity index (χ3v) is 1.70. The third kappa shape index (κ3) is 2.62. The van der Waals surface area contributed by atoms with Crippen molar-refractivity contribution in [2.75, 3.05) is 13.7 Å². The highest BCUT2D eigenvalue weighted by atomic mass is 19.1. The minimum Gasteiger partial charge on any atom is -0.384 e. The van der Waals surface area contributed by atoms with Crippen molar-refractivity contribution < 1.29 is 9.13 Å². The summed E-state index contributed by atoms with van der Waals surface area (Å²) >= 11 is 0. The highest BCUT2D eigenvalue weighted by Crippen LogP contribution is 2.08. The molecular formula is C10H13FO. The number of ether oxygens (including phenoxy) is 1. The van der Waals surface area contributed by atoms with Crippen LogP contribution in [0.2, 0.25) is 0 Å². The van der Waals surface area contributed by atoms with E-state index in [0.717, 1.165) is 17.5 Å². The molecule has 0 heterocycles. The lowest BCUT2D eigenvalue weighted by Crippen LogP contribution is -1.95. The van der Waals surface area contributed by atoms with Crippen LogP contribution in [0.4, 0.5) is 4.39 Å². The number of hydrogen-bond donors (Lipinski definition) is 0. The van der Waals surface area contributed by atoms with Crippen LogP contribution < -0.4 is 0 Å². The Morgan fingerprint density at radius 3 is 2.67 bits per heavy atom. The summed E-state index contributed by atoms with van der Waals surface area (Å²) in [6.07, 6.45) is 0.773. The Kier molecular flexibility index (Phi) is 3.23. The molecule has 0 unspecified atom stereocenters. The van der Waals surface area contributed by atoms with E-state index in [1.807, 2.05) is 13.0 Å². The van der Waals surface area contributed by atoms with Gasteiger partial charge in [0.2, 0.25) is 0 Å². The van der Waals surface area contributed by atoms with Crippen LogP contribution in [0.5, 0.6) is 0 Å². The Morgan fingerprint density at radius 2 is 2.08 bits per heavy atom. The van der Waals surface area contributed by atoms with E-state index in [2.05, 4.69) is 0 Å². The smallest absolute Gasteiger partial charge is 0.123 e. The summed E-state index contributed by atoms with van der Waals surface area (Å²) in [5.74, 6) is -0.166. The molecule has 0 saturated carbocycles. The number of methoxy groups -OCH3 is 1. The van der Waals surface area contributed by atoms with Gasteiger partial charge in [0, 0.05) is 7.11 Å². The molecule has 66 valence electrons. The molecule has 0 saturated heterocycles. The van der Waals surface area contributed by atoms with Gasteiger partial charge in [-0.05, 0) is 36.6 Å². The summed E-state index contributed by atoms with van der Waals surface area (Å²) < 4.78 is 17.7. The van der Waals surface area contributed by atoms with E-state index in [1.54, 1.807) is 13.2 Å². The lowest BCUT2D eigenvalue weighted by atomic mass is 10.1. The Balaban J connectivity index is 2.72. The molecule has 1 aromatic rings. The van der Waals surface area contributed by atoms with Gasteiger partial charge in [0.15, 0.2) is 0 Å². The molecular weight excluding hydrogens is 155 g/mol. The molecule has 0 aromatic heterocycles. The maximum Gasteiger partial charge on any atom is 0.123 e. The topological polar surface area (TPSA) is 9.23 Å². The monoisotopic (exact) mass is 168 g/mol. The molecule has 12 heavy (non-hydrogen) atoms. The summed E-state index contributed by atoms with van der Waals surface area (Å²) in [4.78, 5) is 0. The second-order valence-corrected chi connectivity index (χ2v) is 2.88. The highest BCUT2D eigenvalue weighted by molar-refractivity contribution is 5.23. The fourth-order valence-electron chi connectivity index (χ4n) is 1.18. The SMILES string of the molecule is COCCc1cc(C)cc(F)c1. The van der Waals surface area contributed by atoms with Gasteiger partial charge < -0.3 is 4.74 Å². The maximum absolute atomic E-state index is 12.8. The van der Waals surface area contributed by atoms with E-state index in [4.69, 9.17) is 4.74 Å². The Hall–Kier alpha value is -0.890. The zero-order valence-corrected chi connectivity index (χ0v) is 7.43. The van der Waals surface area contributed by atoms with Gasteiger partial charge in [-0.3, -0.25) is 0 Å². The molecule has 0 aliphatic rings. The second kappa shape index (κ2) is 4.21. The Morgan fingerprint density at radius 1 is 1.33 bits per heavy atom. The predicted octanol–water partition coefficient (Wildman–Crippen LogP) is 2.32. The molecule has 0 amide bonds. The molecule has 1 aromatic carbocycles. The quantitative estimate of drug-likeness (QED) is 0.673. The summed E-state index contributed by atoms with van der Waals surface area (Å²) in [7, 11) is 1.64. The zero-order valence-electron chi connectivity index (χ0n) is 7.43. The standard InChI is InChI=1S/C10H13FO/c1-8-5-9(3-4-12-2)7-10(11)6-8/h5-7H,3-4H2,1-2H3. The first kappa shape index (κ1) is 9.20. The van der Waals surface area contributed by atoms with Gasteiger partial charge in [0.25, 0.3) is 0 Å². The van der Waals surface area contributed by atoms with Crippen LogP contribution in [-0.4, -0.2) is 13.7 Å². The number of aryl methyl sites for hydroxylation is 1. The number of benzene rings is 1. The summed E-state index contributed by atoms with van der Waals surface area (Å²) in [5.41, 5.74) is 1.95. The lowest BCUT2D eigenvalue weighted by molar-refractivity contribution is 0.202. The Labute approximate surface area is 72.2 Å². The number of hydrogen-bond acceptors (Lipinski definition) is 1. The molecule has 0 fully saturated rings. The first-order valence-electron chi connectivity index (χ1n) is 3.97. The fourth-order valence-corrected chi connectivity index (χ4v) is 1.18. The van der Waals surface area contributed by atoms with Gasteiger partial charge in [0.05, 0.1) is 6.61 Å². The molecule has 1 nitrogen and oxygen atoms in total. The highest BCUT2D eigenvalue weighted by Gasteiger charge is 1.97. The van der Waals surface area contributed by atoms with Gasteiger partial charge in [0.1, 0.15) is 5.82 Å². The normalized spacial score (nSPS) is 10.2. The van der Waals surface area contributed by atoms with Crippen molar-refractivity contribution in [2.24, 2.45) is 0 Å². The van der Waals surface area contributed by atoms with Crippen LogP contribution in [0.1, 0.15) is 11.1 Å². The minimum absolute atomic E-state index is 0.166. The fraction of sp³-hybridized carbons (Fsp3) is 0.400. The second-order valence-electron chi connectivity index (χ2n) is 2.88. The van der Waals surface area contributed by atoms with Crippen molar-refractivity contribution in [3.63, 3.8) is 0 Å². The molecule has 1 rings (SSSR count). The average molecular weight is 168 g/mol. The van der Waals surface area contributed by atoms with E-state index in [0.29, 0.717) is 6.61 Å². The lowest BCUT2D eigenvalue weighted by Gasteiger charge is -2.01. The minimum atomic E-state index is -0.166. The molecule has 0 atom stereocenters. The average Bonchev–Trinajstić information content (AvgIpc) is 1.99. The van der Waals surface area contributed by atoms with E-state index in [1.165, 1.54) is 6.07 Å². The Bertz CT molecular complexity index is 238. The predicted molar refractivity (Wildman–Crippen MR) is 46.7 cm³/mol. The van der Waals surface area contributed by atoms with Gasteiger partial charge in [-0.15, -0.1) is 0 Å². The molecule has 0 aliphatic heterocycles. The van der Waals surface area contributed by atoms with Crippen LogP contribution in [0.3, 0.4) is 0 Å². The molecule has 0 spiro atoms. The van der Waals surface area contributed by atoms with E-state index in [9.17, 15) is 4.39 Å². The third-order valence-electron chi connectivity index (χ3n) is 1.70. The van der Waals surface area contributed by atoms with Crippen LogP contribution in [-0.2, 0) is 11.2 Å². The number of rotatable bonds is 3. The first-order chi connectivity index (χ1) is 5.72. The van der Waals surface area contributed by atoms with Crippen LogP contribution >= 0.6 is 0 Å². The van der Waals surface area contributed by atoms with E-state index < -0.39 is 0 Å². The maximum atomic E-state index is 12.8. The van der Waals surface area contributed by atoms with Crippen LogP contribution in [0.15, 0.2) is 18.2 Å². The summed E-state index contributed by atoms with van der Waals surface area (Å²) in [6, 6.07) is 5.05. The molecule has 0 radical (unpaired) electrons. The van der Waals surface area contributed by atoms with Crippen LogP contribution in [0.25, 0.3) is 0 Å². The molecule has 0 aliphatic carbocycles. The van der Waals surface area contributed by atoms with Crippen LogP contribution in [0, 0.1) is 12.7 Å². The molecule has 0 N–H and O–H groups in total. The van der Waals surface area contributed by atoms with E-state index >= 15 is 0 Å².